The van der Waals surface area contributed by atoms with Crippen LogP contribution in [0.1, 0.15) is 36.0 Å². The highest BCUT2D eigenvalue weighted by molar-refractivity contribution is 5.41. The molecule has 110 valence electrons. The number of hydrogen-bond acceptors (Lipinski definition) is 2. The van der Waals surface area contributed by atoms with Gasteiger partial charge in [-0.25, -0.2) is 18.2 Å². The lowest BCUT2D eigenvalue weighted by atomic mass is 10.1. The molecule has 0 atom stereocenters. The molecule has 1 aromatic carbocycles. The van der Waals surface area contributed by atoms with Gasteiger partial charge in [-0.05, 0) is 12.8 Å². The first-order valence-electron chi connectivity index (χ1n) is 7.11. The molecule has 1 N–H and O–H groups in total. The van der Waals surface area contributed by atoms with Crippen molar-refractivity contribution >= 4 is 0 Å². The van der Waals surface area contributed by atoms with Crippen molar-refractivity contribution < 1.29 is 13.2 Å². The molecular weight excluding hydrogens is 279 g/mol. The number of nitrogens with zero attached hydrogens (tertiary/aromatic N) is 2. The monoisotopic (exact) mass is 293 g/mol. The molecule has 3 nitrogen and oxygen atoms in total. The molecule has 1 aliphatic carbocycles. The number of fused-ring (bicyclic) bond motifs is 1. The lowest BCUT2D eigenvalue weighted by Crippen LogP contribution is -2.24. The van der Waals surface area contributed by atoms with Crippen LogP contribution in [0.2, 0.25) is 0 Å². The Morgan fingerprint density at radius 3 is 2.52 bits per heavy atom. The van der Waals surface area contributed by atoms with Gasteiger partial charge in [-0.3, -0.25) is 4.57 Å². The topological polar surface area (TPSA) is 29.9 Å². The maximum Gasteiger partial charge on any atom is 0.194 e. The van der Waals surface area contributed by atoms with Crippen molar-refractivity contribution in [2.75, 3.05) is 6.54 Å². The Balaban J connectivity index is 1.92. The standard InChI is InChI=1S/C15H14F3N3/c16-10-5-9(6-11(17)14(10)18)21-13-3-4-19-7-12(13)20-15(21)8-1-2-8/h5-6,8,19H,1-4,7H2. The maximum absolute atomic E-state index is 13.6. The zero-order chi connectivity index (χ0) is 14.6. The van der Waals surface area contributed by atoms with Crippen molar-refractivity contribution in [3.8, 4) is 5.69 Å². The Hall–Kier alpha value is -1.82. The largest absolute Gasteiger partial charge is 0.311 e. The molecule has 0 bridgehead atoms. The van der Waals surface area contributed by atoms with Crippen molar-refractivity contribution in [2.45, 2.75) is 31.7 Å². The first-order chi connectivity index (χ1) is 10.1. The van der Waals surface area contributed by atoms with E-state index in [1.165, 1.54) is 0 Å². The second-order valence-corrected chi connectivity index (χ2v) is 5.62. The van der Waals surface area contributed by atoms with Crippen LogP contribution < -0.4 is 5.32 Å². The van der Waals surface area contributed by atoms with E-state index in [2.05, 4.69) is 10.3 Å². The van der Waals surface area contributed by atoms with Crippen LogP contribution >= 0.6 is 0 Å². The van der Waals surface area contributed by atoms with Gasteiger partial charge in [0.1, 0.15) is 5.82 Å². The zero-order valence-electron chi connectivity index (χ0n) is 11.3. The maximum atomic E-state index is 13.6. The Morgan fingerprint density at radius 1 is 1.14 bits per heavy atom. The lowest BCUT2D eigenvalue weighted by molar-refractivity contribution is 0.446. The average molecular weight is 293 g/mol. The van der Waals surface area contributed by atoms with Crippen LogP contribution in [0.15, 0.2) is 12.1 Å². The smallest absolute Gasteiger partial charge is 0.194 e. The van der Waals surface area contributed by atoms with Gasteiger partial charge in [-0.15, -0.1) is 0 Å². The van der Waals surface area contributed by atoms with Gasteiger partial charge < -0.3 is 5.32 Å². The van der Waals surface area contributed by atoms with Gasteiger partial charge >= 0.3 is 0 Å². The van der Waals surface area contributed by atoms with Gasteiger partial charge in [0.25, 0.3) is 0 Å². The number of nitrogens with one attached hydrogen (secondary N) is 1. The van der Waals surface area contributed by atoms with Crippen molar-refractivity contribution in [1.82, 2.24) is 14.9 Å². The molecule has 1 aliphatic heterocycles. The first kappa shape index (κ1) is 12.9. The van der Waals surface area contributed by atoms with Crippen LogP contribution in [0, 0.1) is 17.5 Å². The molecule has 0 saturated heterocycles. The molecule has 2 heterocycles. The molecule has 21 heavy (non-hydrogen) atoms. The second kappa shape index (κ2) is 4.59. The normalized spacial score (nSPS) is 17.9. The summed E-state index contributed by atoms with van der Waals surface area (Å²) in [7, 11) is 0. The van der Waals surface area contributed by atoms with E-state index >= 15 is 0 Å². The quantitative estimate of drug-likeness (QED) is 0.863. The van der Waals surface area contributed by atoms with Crippen LogP contribution in [-0.2, 0) is 13.0 Å². The zero-order valence-corrected chi connectivity index (χ0v) is 11.3. The van der Waals surface area contributed by atoms with E-state index < -0.39 is 17.5 Å². The summed E-state index contributed by atoms with van der Waals surface area (Å²) in [6, 6.07) is 2.10. The van der Waals surface area contributed by atoms with Crippen LogP contribution in [0.3, 0.4) is 0 Å². The van der Waals surface area contributed by atoms with E-state index in [0.717, 1.165) is 55.2 Å². The highest BCUT2D eigenvalue weighted by atomic mass is 19.2. The number of benzene rings is 1. The summed E-state index contributed by atoms with van der Waals surface area (Å²) >= 11 is 0. The minimum atomic E-state index is -1.43. The summed E-state index contributed by atoms with van der Waals surface area (Å²) in [6.07, 6.45) is 2.82. The third-order valence-electron chi connectivity index (χ3n) is 4.08. The van der Waals surface area contributed by atoms with Crippen LogP contribution in [-0.4, -0.2) is 16.1 Å². The first-order valence-corrected chi connectivity index (χ1v) is 7.11. The molecule has 1 aromatic heterocycles. The highest BCUT2D eigenvalue weighted by Gasteiger charge is 2.32. The SMILES string of the molecule is Fc1cc(-n2c(C3CC3)nc3c2CCNC3)cc(F)c1F. The fourth-order valence-electron chi connectivity index (χ4n) is 2.91. The van der Waals surface area contributed by atoms with Crippen LogP contribution in [0.5, 0.6) is 0 Å². The van der Waals surface area contributed by atoms with Gasteiger partial charge in [0, 0.05) is 43.3 Å². The van der Waals surface area contributed by atoms with Gasteiger partial charge in [0.05, 0.1) is 11.4 Å². The third-order valence-corrected chi connectivity index (χ3v) is 4.08. The number of aromatic nitrogens is 2. The Labute approximate surface area is 119 Å². The number of hydrogen-bond donors (Lipinski definition) is 1. The Bertz CT molecular complexity index is 696. The number of imidazole rings is 1. The minimum absolute atomic E-state index is 0.323. The summed E-state index contributed by atoms with van der Waals surface area (Å²) in [4.78, 5) is 4.63. The molecule has 2 aliphatic rings. The lowest BCUT2D eigenvalue weighted by Gasteiger charge is -2.16. The van der Waals surface area contributed by atoms with Crippen molar-refractivity contribution in [2.24, 2.45) is 0 Å². The fourth-order valence-corrected chi connectivity index (χ4v) is 2.91. The van der Waals surface area contributed by atoms with E-state index in [9.17, 15) is 13.2 Å². The van der Waals surface area contributed by atoms with E-state index in [1.807, 2.05) is 4.57 Å². The fraction of sp³-hybridized carbons (Fsp3) is 0.400. The van der Waals surface area contributed by atoms with Crippen molar-refractivity contribution in [3.05, 3.63) is 46.8 Å². The molecule has 0 spiro atoms. The van der Waals surface area contributed by atoms with Crippen molar-refractivity contribution in [1.29, 1.82) is 0 Å². The van der Waals surface area contributed by atoms with Crippen LogP contribution in [0.25, 0.3) is 5.69 Å². The third kappa shape index (κ3) is 2.05. The summed E-state index contributed by atoms with van der Waals surface area (Å²) in [5.74, 6) is -2.57. The summed E-state index contributed by atoms with van der Waals surface area (Å²) in [5, 5.41) is 3.24. The predicted octanol–water partition coefficient (Wildman–Crippen LogP) is 2.81. The van der Waals surface area contributed by atoms with Crippen LogP contribution in [0.4, 0.5) is 13.2 Å². The van der Waals surface area contributed by atoms with Gasteiger partial charge in [0.15, 0.2) is 17.5 Å². The predicted molar refractivity (Wildman–Crippen MR) is 70.8 cm³/mol. The molecule has 0 unspecified atom stereocenters. The van der Waals surface area contributed by atoms with Gasteiger partial charge in [0.2, 0.25) is 0 Å². The van der Waals surface area contributed by atoms with Gasteiger partial charge in [-0.2, -0.15) is 0 Å². The molecular formula is C15H14F3N3. The number of rotatable bonds is 2. The molecule has 1 saturated carbocycles. The van der Waals surface area contributed by atoms with E-state index in [4.69, 9.17) is 0 Å². The van der Waals surface area contributed by atoms with E-state index in [1.54, 1.807) is 0 Å². The Kier molecular flexibility index (Phi) is 2.82. The summed E-state index contributed by atoms with van der Waals surface area (Å²) in [6.45, 7) is 1.46. The van der Waals surface area contributed by atoms with E-state index in [0.29, 0.717) is 18.2 Å². The molecule has 0 radical (unpaired) electrons. The molecule has 4 rings (SSSR count). The summed E-state index contributed by atoms with van der Waals surface area (Å²) in [5.41, 5.74) is 2.22. The van der Waals surface area contributed by atoms with Gasteiger partial charge in [-0.1, -0.05) is 0 Å². The minimum Gasteiger partial charge on any atom is -0.311 e. The molecule has 6 heteroatoms. The summed E-state index contributed by atoms with van der Waals surface area (Å²) < 4.78 is 42.1. The highest BCUT2D eigenvalue weighted by Crippen LogP contribution is 2.41. The molecule has 1 fully saturated rings. The average Bonchev–Trinajstić information content (AvgIpc) is 3.24. The van der Waals surface area contributed by atoms with Crippen molar-refractivity contribution in [3.63, 3.8) is 0 Å². The molecule has 0 amide bonds. The Morgan fingerprint density at radius 2 is 1.86 bits per heavy atom. The number of halogens is 3. The van der Waals surface area contributed by atoms with E-state index in [-0.39, 0.29) is 0 Å². The second-order valence-electron chi connectivity index (χ2n) is 5.62. The molecule has 2 aromatic rings.